The van der Waals surface area contributed by atoms with Gasteiger partial charge in [-0.2, -0.15) is 0 Å². The van der Waals surface area contributed by atoms with Gasteiger partial charge in [0.1, 0.15) is 0 Å². The van der Waals surface area contributed by atoms with Crippen LogP contribution in [0, 0.1) is 0 Å². The highest BCUT2D eigenvalue weighted by Gasteiger charge is 2.29. The maximum absolute atomic E-state index is 11.8. The van der Waals surface area contributed by atoms with Crippen molar-refractivity contribution in [3.63, 3.8) is 0 Å². The molecule has 2 rings (SSSR count). The summed E-state index contributed by atoms with van der Waals surface area (Å²) in [5.41, 5.74) is 0.659. The van der Waals surface area contributed by atoms with Gasteiger partial charge in [-0.25, -0.2) is 4.79 Å². The standard InChI is InChI=1S/C12H12N2O4/c1-18-12(17)8-4-2-3-5-9(8)14-7-6-13-10(15)11(14)16/h2-5H,6-7H2,1H3,(H,13,15). The van der Waals surface area contributed by atoms with Gasteiger partial charge in [0.25, 0.3) is 0 Å². The molecular weight excluding hydrogens is 236 g/mol. The molecule has 94 valence electrons. The monoisotopic (exact) mass is 248 g/mol. The van der Waals surface area contributed by atoms with E-state index in [-0.39, 0.29) is 5.56 Å². The third-order valence-electron chi connectivity index (χ3n) is 2.66. The first-order chi connectivity index (χ1) is 8.65. The maximum atomic E-state index is 11.8. The van der Waals surface area contributed by atoms with Crippen LogP contribution >= 0.6 is 0 Å². The van der Waals surface area contributed by atoms with E-state index in [2.05, 4.69) is 10.1 Å². The lowest BCUT2D eigenvalue weighted by atomic mass is 10.1. The number of benzene rings is 1. The van der Waals surface area contributed by atoms with Crippen LogP contribution < -0.4 is 10.2 Å². The van der Waals surface area contributed by atoms with Crippen LogP contribution in [0.4, 0.5) is 5.69 Å². The van der Waals surface area contributed by atoms with Crippen LogP contribution in [0.2, 0.25) is 0 Å². The third kappa shape index (κ3) is 2.04. The van der Waals surface area contributed by atoms with Crippen molar-refractivity contribution in [2.24, 2.45) is 0 Å². The highest BCUT2D eigenvalue weighted by molar-refractivity contribution is 6.41. The molecule has 1 N–H and O–H groups in total. The number of para-hydroxylation sites is 1. The fraction of sp³-hybridized carbons (Fsp3) is 0.250. The van der Waals surface area contributed by atoms with Gasteiger partial charge in [0.2, 0.25) is 0 Å². The number of rotatable bonds is 2. The van der Waals surface area contributed by atoms with E-state index in [4.69, 9.17) is 0 Å². The van der Waals surface area contributed by atoms with E-state index < -0.39 is 17.8 Å². The number of piperazine rings is 1. The molecule has 0 saturated carbocycles. The first kappa shape index (κ1) is 12.1. The minimum atomic E-state index is -0.669. The summed E-state index contributed by atoms with van der Waals surface area (Å²) in [5, 5.41) is 2.45. The van der Waals surface area contributed by atoms with Gasteiger partial charge in [-0.3, -0.25) is 9.59 Å². The Bertz CT molecular complexity index is 513. The van der Waals surface area contributed by atoms with Crippen molar-refractivity contribution in [1.29, 1.82) is 0 Å². The van der Waals surface area contributed by atoms with Crippen LogP contribution in [-0.2, 0) is 14.3 Å². The molecular formula is C12H12N2O4. The third-order valence-corrected chi connectivity index (χ3v) is 2.66. The number of amides is 2. The molecule has 1 aliphatic rings. The molecule has 1 aromatic rings. The Morgan fingerprint density at radius 1 is 1.33 bits per heavy atom. The van der Waals surface area contributed by atoms with Crippen molar-refractivity contribution in [3.05, 3.63) is 29.8 Å². The summed E-state index contributed by atoms with van der Waals surface area (Å²) < 4.78 is 4.65. The number of hydrogen-bond donors (Lipinski definition) is 1. The molecule has 0 radical (unpaired) electrons. The normalized spacial score (nSPS) is 15.3. The molecule has 1 aromatic carbocycles. The lowest BCUT2D eigenvalue weighted by molar-refractivity contribution is -0.138. The van der Waals surface area contributed by atoms with Crippen molar-refractivity contribution >= 4 is 23.5 Å². The van der Waals surface area contributed by atoms with Crippen LogP contribution in [-0.4, -0.2) is 38.0 Å². The zero-order valence-electron chi connectivity index (χ0n) is 9.80. The molecule has 18 heavy (non-hydrogen) atoms. The summed E-state index contributed by atoms with van der Waals surface area (Å²) >= 11 is 0. The quantitative estimate of drug-likeness (QED) is 0.587. The lowest BCUT2D eigenvalue weighted by Crippen LogP contribution is -2.52. The fourth-order valence-electron chi connectivity index (χ4n) is 1.80. The minimum absolute atomic E-state index is 0.267. The van der Waals surface area contributed by atoms with Crippen molar-refractivity contribution in [3.8, 4) is 0 Å². The Labute approximate surface area is 104 Å². The van der Waals surface area contributed by atoms with Gasteiger partial charge in [-0.15, -0.1) is 0 Å². The molecule has 0 aromatic heterocycles. The van der Waals surface area contributed by atoms with Crippen LogP contribution in [0.1, 0.15) is 10.4 Å². The Morgan fingerprint density at radius 3 is 2.78 bits per heavy atom. The molecule has 6 nitrogen and oxygen atoms in total. The van der Waals surface area contributed by atoms with Crippen molar-refractivity contribution < 1.29 is 19.1 Å². The second-order valence-electron chi connectivity index (χ2n) is 3.72. The molecule has 0 spiro atoms. The average molecular weight is 248 g/mol. The topological polar surface area (TPSA) is 75.7 Å². The maximum Gasteiger partial charge on any atom is 0.339 e. The largest absolute Gasteiger partial charge is 0.465 e. The number of nitrogens with zero attached hydrogens (tertiary/aromatic N) is 1. The molecule has 1 aliphatic heterocycles. The zero-order chi connectivity index (χ0) is 13.1. The highest BCUT2D eigenvalue weighted by Crippen LogP contribution is 2.22. The first-order valence-electron chi connectivity index (χ1n) is 5.42. The number of carbonyl (C=O) groups excluding carboxylic acids is 3. The molecule has 1 heterocycles. The van der Waals surface area contributed by atoms with Gasteiger partial charge in [0.15, 0.2) is 0 Å². The SMILES string of the molecule is COC(=O)c1ccccc1N1CCNC(=O)C1=O. The number of methoxy groups -OCH3 is 1. The van der Waals surface area contributed by atoms with Crippen LogP contribution in [0.15, 0.2) is 24.3 Å². The average Bonchev–Trinajstić information content (AvgIpc) is 2.41. The van der Waals surface area contributed by atoms with E-state index in [1.165, 1.54) is 12.0 Å². The predicted octanol–water partition coefficient (Wildman–Crippen LogP) is -0.0640. The van der Waals surface area contributed by atoms with E-state index in [0.29, 0.717) is 18.8 Å². The summed E-state index contributed by atoms with van der Waals surface area (Å²) in [7, 11) is 1.27. The highest BCUT2D eigenvalue weighted by atomic mass is 16.5. The van der Waals surface area contributed by atoms with Gasteiger partial charge >= 0.3 is 17.8 Å². The van der Waals surface area contributed by atoms with E-state index >= 15 is 0 Å². The zero-order valence-corrected chi connectivity index (χ0v) is 9.80. The molecule has 2 amide bonds. The van der Waals surface area contributed by atoms with Gasteiger partial charge in [0, 0.05) is 13.1 Å². The Kier molecular flexibility index (Phi) is 3.27. The van der Waals surface area contributed by atoms with Crippen LogP contribution in [0.25, 0.3) is 0 Å². The molecule has 1 saturated heterocycles. The van der Waals surface area contributed by atoms with Gasteiger partial charge in [-0.05, 0) is 12.1 Å². The fourth-order valence-corrected chi connectivity index (χ4v) is 1.80. The Morgan fingerprint density at radius 2 is 2.06 bits per heavy atom. The van der Waals surface area contributed by atoms with Crippen LogP contribution in [0.5, 0.6) is 0 Å². The van der Waals surface area contributed by atoms with Crippen molar-refractivity contribution in [2.45, 2.75) is 0 Å². The molecule has 0 bridgehead atoms. The van der Waals surface area contributed by atoms with Gasteiger partial charge in [-0.1, -0.05) is 12.1 Å². The summed E-state index contributed by atoms with van der Waals surface area (Å²) in [6, 6.07) is 6.54. The first-order valence-corrected chi connectivity index (χ1v) is 5.42. The van der Waals surface area contributed by atoms with E-state index in [1.54, 1.807) is 24.3 Å². The summed E-state index contributed by atoms with van der Waals surface area (Å²) in [4.78, 5) is 35.9. The van der Waals surface area contributed by atoms with Crippen molar-refractivity contribution in [1.82, 2.24) is 5.32 Å². The molecule has 0 atom stereocenters. The number of esters is 1. The second-order valence-corrected chi connectivity index (χ2v) is 3.72. The molecule has 0 aliphatic carbocycles. The molecule has 0 unspecified atom stereocenters. The summed E-state index contributed by atoms with van der Waals surface area (Å²) in [5.74, 6) is -1.87. The Balaban J connectivity index is 2.41. The van der Waals surface area contributed by atoms with Gasteiger partial charge in [0.05, 0.1) is 18.4 Å². The summed E-state index contributed by atoms with van der Waals surface area (Å²) in [6.45, 7) is 0.693. The van der Waals surface area contributed by atoms with E-state index in [9.17, 15) is 14.4 Å². The summed E-state index contributed by atoms with van der Waals surface area (Å²) in [6.07, 6.45) is 0. The minimum Gasteiger partial charge on any atom is -0.465 e. The number of ether oxygens (including phenoxy) is 1. The smallest absolute Gasteiger partial charge is 0.339 e. The number of carbonyl (C=O) groups is 3. The number of anilines is 1. The van der Waals surface area contributed by atoms with Gasteiger partial charge < -0.3 is 15.0 Å². The Hall–Kier alpha value is -2.37. The predicted molar refractivity (Wildman–Crippen MR) is 63.1 cm³/mol. The number of hydrogen-bond acceptors (Lipinski definition) is 4. The van der Waals surface area contributed by atoms with Crippen molar-refractivity contribution in [2.75, 3.05) is 25.1 Å². The molecule has 6 heteroatoms. The van der Waals surface area contributed by atoms with E-state index in [0.717, 1.165) is 0 Å². The van der Waals surface area contributed by atoms with Crippen LogP contribution in [0.3, 0.4) is 0 Å². The van der Waals surface area contributed by atoms with E-state index in [1.807, 2.05) is 0 Å². The second kappa shape index (κ2) is 4.87. The number of nitrogens with one attached hydrogen (secondary N) is 1. The lowest BCUT2D eigenvalue weighted by Gasteiger charge is -2.27. The molecule has 1 fully saturated rings.